The standard InChI is InChI=1S/C21H16ClFN2O/c22-19-8-4-9-20(23)18(19)14-21(26)25-17-7-3-5-15(13-17)10-11-16-6-1-2-12-24-16/h1-13H,14H2,(H,25,26)/b11-10+. The van der Waals surface area contributed by atoms with Crippen molar-refractivity contribution in [3.05, 3.63) is 94.5 Å². The van der Waals surface area contributed by atoms with Gasteiger partial charge in [0.1, 0.15) is 5.82 Å². The van der Waals surface area contributed by atoms with Crippen molar-refractivity contribution in [1.82, 2.24) is 4.98 Å². The van der Waals surface area contributed by atoms with Crippen LogP contribution < -0.4 is 5.32 Å². The Hall–Kier alpha value is -2.98. The number of hydrogen-bond acceptors (Lipinski definition) is 2. The molecule has 3 nitrogen and oxygen atoms in total. The molecule has 0 unspecified atom stereocenters. The Labute approximate surface area is 156 Å². The van der Waals surface area contributed by atoms with E-state index in [9.17, 15) is 9.18 Å². The van der Waals surface area contributed by atoms with Gasteiger partial charge in [0.15, 0.2) is 0 Å². The maximum Gasteiger partial charge on any atom is 0.228 e. The van der Waals surface area contributed by atoms with E-state index in [1.807, 2.05) is 48.6 Å². The zero-order valence-electron chi connectivity index (χ0n) is 13.8. The highest BCUT2D eigenvalue weighted by Crippen LogP contribution is 2.20. The highest BCUT2D eigenvalue weighted by atomic mass is 35.5. The average molecular weight is 367 g/mol. The topological polar surface area (TPSA) is 42.0 Å². The lowest BCUT2D eigenvalue weighted by Crippen LogP contribution is -2.15. The molecule has 0 radical (unpaired) electrons. The smallest absolute Gasteiger partial charge is 0.228 e. The third-order valence-electron chi connectivity index (χ3n) is 3.70. The minimum atomic E-state index is -0.486. The molecule has 1 amide bonds. The van der Waals surface area contributed by atoms with Crippen molar-refractivity contribution in [3.8, 4) is 0 Å². The van der Waals surface area contributed by atoms with Gasteiger partial charge in [-0.05, 0) is 48.0 Å². The van der Waals surface area contributed by atoms with Crippen LogP contribution in [0.25, 0.3) is 12.2 Å². The number of benzene rings is 2. The number of carbonyl (C=O) groups excluding carboxylic acids is 1. The number of aromatic nitrogens is 1. The first-order valence-electron chi connectivity index (χ1n) is 8.04. The van der Waals surface area contributed by atoms with Gasteiger partial charge in [-0.3, -0.25) is 9.78 Å². The second-order valence-electron chi connectivity index (χ2n) is 5.64. The Bertz CT molecular complexity index is 922. The molecule has 2 aromatic carbocycles. The molecular formula is C21H16ClFN2O. The number of carbonyl (C=O) groups is 1. The van der Waals surface area contributed by atoms with Crippen LogP contribution in [0.4, 0.5) is 10.1 Å². The summed E-state index contributed by atoms with van der Waals surface area (Å²) in [5.41, 5.74) is 2.58. The maximum atomic E-state index is 13.8. The van der Waals surface area contributed by atoms with Gasteiger partial charge in [0.05, 0.1) is 12.1 Å². The molecule has 0 atom stereocenters. The van der Waals surface area contributed by atoms with Gasteiger partial charge in [-0.2, -0.15) is 0 Å². The Morgan fingerprint density at radius 3 is 2.69 bits per heavy atom. The molecule has 5 heteroatoms. The number of nitrogens with zero attached hydrogens (tertiary/aromatic N) is 1. The first kappa shape index (κ1) is 17.8. The summed E-state index contributed by atoms with van der Waals surface area (Å²) < 4.78 is 13.8. The quantitative estimate of drug-likeness (QED) is 0.672. The minimum absolute atomic E-state index is 0.125. The number of pyridine rings is 1. The SMILES string of the molecule is O=C(Cc1c(F)cccc1Cl)Nc1cccc(/C=C/c2ccccn2)c1. The predicted molar refractivity (Wildman–Crippen MR) is 103 cm³/mol. The van der Waals surface area contributed by atoms with E-state index in [0.717, 1.165) is 11.3 Å². The van der Waals surface area contributed by atoms with Crippen molar-refractivity contribution in [2.75, 3.05) is 5.32 Å². The third-order valence-corrected chi connectivity index (χ3v) is 4.06. The van der Waals surface area contributed by atoms with Crippen molar-refractivity contribution in [1.29, 1.82) is 0 Å². The molecule has 0 saturated heterocycles. The molecule has 0 saturated carbocycles. The highest BCUT2D eigenvalue weighted by molar-refractivity contribution is 6.31. The largest absolute Gasteiger partial charge is 0.326 e. The van der Waals surface area contributed by atoms with E-state index in [0.29, 0.717) is 5.69 Å². The van der Waals surface area contributed by atoms with E-state index in [2.05, 4.69) is 10.3 Å². The van der Waals surface area contributed by atoms with Crippen LogP contribution in [0, 0.1) is 5.82 Å². The molecule has 3 rings (SSSR count). The zero-order chi connectivity index (χ0) is 18.4. The van der Waals surface area contributed by atoms with Crippen LogP contribution in [-0.4, -0.2) is 10.9 Å². The van der Waals surface area contributed by atoms with E-state index >= 15 is 0 Å². The normalized spacial score (nSPS) is 10.8. The molecule has 3 aromatic rings. The molecule has 0 aliphatic heterocycles. The van der Waals surface area contributed by atoms with Crippen molar-refractivity contribution < 1.29 is 9.18 Å². The minimum Gasteiger partial charge on any atom is -0.326 e. The summed E-state index contributed by atoms with van der Waals surface area (Å²) in [6, 6.07) is 17.4. The van der Waals surface area contributed by atoms with Gasteiger partial charge in [0.25, 0.3) is 0 Å². The predicted octanol–water partition coefficient (Wildman–Crippen LogP) is 5.23. The van der Waals surface area contributed by atoms with E-state index < -0.39 is 5.82 Å². The summed E-state index contributed by atoms with van der Waals surface area (Å²) in [4.78, 5) is 16.4. The van der Waals surface area contributed by atoms with Crippen molar-refractivity contribution in [2.45, 2.75) is 6.42 Å². The highest BCUT2D eigenvalue weighted by Gasteiger charge is 2.12. The van der Waals surface area contributed by atoms with Gasteiger partial charge in [0, 0.05) is 22.5 Å². The molecule has 0 aliphatic rings. The molecule has 0 spiro atoms. The molecule has 26 heavy (non-hydrogen) atoms. The van der Waals surface area contributed by atoms with Crippen molar-refractivity contribution in [3.63, 3.8) is 0 Å². The van der Waals surface area contributed by atoms with E-state index in [-0.39, 0.29) is 22.9 Å². The second kappa shape index (κ2) is 8.41. The van der Waals surface area contributed by atoms with E-state index in [1.54, 1.807) is 18.3 Å². The summed E-state index contributed by atoms with van der Waals surface area (Å²) >= 11 is 5.97. The summed E-state index contributed by atoms with van der Waals surface area (Å²) in [6.45, 7) is 0. The fourth-order valence-corrected chi connectivity index (χ4v) is 2.67. The summed E-state index contributed by atoms with van der Waals surface area (Å²) in [5, 5.41) is 3.01. The molecule has 0 bridgehead atoms. The van der Waals surface area contributed by atoms with Crippen molar-refractivity contribution >= 4 is 35.3 Å². The number of amides is 1. The van der Waals surface area contributed by atoms with Crippen LogP contribution >= 0.6 is 11.6 Å². The lowest BCUT2D eigenvalue weighted by Gasteiger charge is -2.08. The van der Waals surface area contributed by atoms with E-state index in [4.69, 9.17) is 11.6 Å². The van der Waals surface area contributed by atoms with Crippen LogP contribution in [0.2, 0.25) is 5.02 Å². The van der Waals surface area contributed by atoms with Crippen LogP contribution in [-0.2, 0) is 11.2 Å². The van der Waals surface area contributed by atoms with Gasteiger partial charge in [0.2, 0.25) is 5.91 Å². The van der Waals surface area contributed by atoms with Gasteiger partial charge in [-0.25, -0.2) is 4.39 Å². The van der Waals surface area contributed by atoms with Crippen molar-refractivity contribution in [2.24, 2.45) is 0 Å². The lowest BCUT2D eigenvalue weighted by atomic mass is 10.1. The molecule has 130 valence electrons. The molecule has 0 fully saturated rings. The number of nitrogens with one attached hydrogen (secondary N) is 1. The number of rotatable bonds is 5. The fourth-order valence-electron chi connectivity index (χ4n) is 2.44. The van der Waals surface area contributed by atoms with Crippen LogP contribution in [0.1, 0.15) is 16.8 Å². The van der Waals surface area contributed by atoms with E-state index in [1.165, 1.54) is 12.1 Å². The number of halogens is 2. The molecule has 1 N–H and O–H groups in total. The monoisotopic (exact) mass is 366 g/mol. The first-order chi connectivity index (χ1) is 12.6. The summed E-state index contributed by atoms with van der Waals surface area (Å²) in [6.07, 6.45) is 5.40. The Morgan fingerprint density at radius 2 is 1.92 bits per heavy atom. The van der Waals surface area contributed by atoms with Crippen LogP contribution in [0.15, 0.2) is 66.9 Å². The van der Waals surface area contributed by atoms with Crippen LogP contribution in [0.3, 0.4) is 0 Å². The fraction of sp³-hybridized carbons (Fsp3) is 0.0476. The summed E-state index contributed by atoms with van der Waals surface area (Å²) in [7, 11) is 0. The maximum absolute atomic E-state index is 13.8. The molecular weight excluding hydrogens is 351 g/mol. The van der Waals surface area contributed by atoms with Gasteiger partial charge < -0.3 is 5.32 Å². The number of hydrogen-bond donors (Lipinski definition) is 1. The Balaban J connectivity index is 1.68. The molecule has 1 aromatic heterocycles. The van der Waals surface area contributed by atoms with Gasteiger partial charge >= 0.3 is 0 Å². The second-order valence-corrected chi connectivity index (χ2v) is 6.05. The lowest BCUT2D eigenvalue weighted by molar-refractivity contribution is -0.115. The third kappa shape index (κ3) is 4.77. The first-order valence-corrected chi connectivity index (χ1v) is 8.41. The molecule has 0 aliphatic carbocycles. The Kier molecular flexibility index (Phi) is 5.77. The van der Waals surface area contributed by atoms with Crippen LogP contribution in [0.5, 0.6) is 0 Å². The number of anilines is 1. The molecule has 1 heterocycles. The average Bonchev–Trinajstić information content (AvgIpc) is 2.64. The Morgan fingerprint density at radius 1 is 1.08 bits per heavy atom. The van der Waals surface area contributed by atoms with Gasteiger partial charge in [-0.1, -0.05) is 41.9 Å². The van der Waals surface area contributed by atoms with Gasteiger partial charge in [-0.15, -0.1) is 0 Å². The zero-order valence-corrected chi connectivity index (χ0v) is 14.6. The summed E-state index contributed by atoms with van der Waals surface area (Å²) in [5.74, 6) is -0.817.